The normalized spacial score (nSPS) is 14.4. The second-order valence-corrected chi connectivity index (χ2v) is 8.26. The molecule has 1 heterocycles. The summed E-state index contributed by atoms with van der Waals surface area (Å²) in [6.45, 7) is 3.66. The van der Waals surface area contributed by atoms with E-state index in [-0.39, 0.29) is 11.8 Å². The number of rotatable bonds is 6. The summed E-state index contributed by atoms with van der Waals surface area (Å²) >= 11 is 1.58. The highest BCUT2D eigenvalue weighted by molar-refractivity contribution is 7.99. The molecular weight excluding hydrogens is 368 g/mol. The number of hydrogen-bond donors (Lipinski definition) is 1. The fraction of sp³-hybridized carbons (Fsp3) is 0.391. The van der Waals surface area contributed by atoms with Crippen molar-refractivity contribution in [3.8, 4) is 0 Å². The molecule has 1 N–H and O–H groups in total. The van der Waals surface area contributed by atoms with Gasteiger partial charge in [-0.15, -0.1) is 11.8 Å². The third-order valence-electron chi connectivity index (χ3n) is 4.95. The number of nitrogens with one attached hydrogen (secondary N) is 1. The Morgan fingerprint density at radius 3 is 2.36 bits per heavy atom. The maximum atomic E-state index is 13.0. The number of para-hydroxylation sites is 1. The molecule has 148 valence electrons. The van der Waals surface area contributed by atoms with E-state index in [1.807, 2.05) is 29.2 Å². The van der Waals surface area contributed by atoms with Crippen LogP contribution in [0.15, 0.2) is 48.5 Å². The van der Waals surface area contributed by atoms with Crippen LogP contribution < -0.4 is 5.32 Å². The smallest absolute Gasteiger partial charge is 0.255 e. The number of hydrogen-bond acceptors (Lipinski definition) is 3. The van der Waals surface area contributed by atoms with Crippen LogP contribution in [0.5, 0.6) is 0 Å². The van der Waals surface area contributed by atoms with Crippen molar-refractivity contribution in [2.24, 2.45) is 0 Å². The van der Waals surface area contributed by atoms with Crippen LogP contribution in [-0.2, 0) is 10.5 Å². The molecule has 2 aromatic rings. The Morgan fingerprint density at radius 2 is 1.64 bits per heavy atom. The summed E-state index contributed by atoms with van der Waals surface area (Å²) in [6, 6.07) is 15.7. The number of nitrogens with zero attached hydrogens (tertiary/aromatic N) is 1. The van der Waals surface area contributed by atoms with E-state index in [1.54, 1.807) is 11.8 Å². The van der Waals surface area contributed by atoms with E-state index in [1.165, 1.54) is 24.0 Å². The Labute approximate surface area is 171 Å². The standard InChI is InChI=1S/C23H28N2O2S/c1-18-10-12-19(13-11-18)16-28-17-22(26)24-21-9-5-4-8-20(21)23(27)25-14-6-2-3-7-15-25/h4-5,8-13H,2-3,6-7,14-17H2,1H3,(H,24,26). The molecule has 3 rings (SSSR count). The van der Waals surface area contributed by atoms with Crippen LogP contribution in [-0.4, -0.2) is 35.6 Å². The molecular formula is C23H28N2O2S. The fourth-order valence-corrected chi connectivity index (χ4v) is 4.14. The summed E-state index contributed by atoms with van der Waals surface area (Å²) in [5.74, 6) is 1.10. The van der Waals surface area contributed by atoms with Crippen molar-refractivity contribution >= 4 is 29.3 Å². The molecule has 0 aromatic heterocycles. The third-order valence-corrected chi connectivity index (χ3v) is 5.95. The third kappa shape index (κ3) is 5.86. The average Bonchev–Trinajstić information content (AvgIpc) is 2.99. The summed E-state index contributed by atoms with van der Waals surface area (Å²) in [5, 5.41) is 2.93. The minimum Gasteiger partial charge on any atom is -0.339 e. The van der Waals surface area contributed by atoms with Gasteiger partial charge in [0.15, 0.2) is 0 Å². The molecule has 1 saturated heterocycles. The molecule has 0 unspecified atom stereocenters. The van der Waals surface area contributed by atoms with Gasteiger partial charge >= 0.3 is 0 Å². The number of anilines is 1. The molecule has 0 bridgehead atoms. The second-order valence-electron chi connectivity index (χ2n) is 7.28. The summed E-state index contributed by atoms with van der Waals surface area (Å²) in [6.07, 6.45) is 4.46. The molecule has 1 aliphatic heterocycles. The van der Waals surface area contributed by atoms with Crippen LogP contribution >= 0.6 is 11.8 Å². The lowest BCUT2D eigenvalue weighted by Crippen LogP contribution is -2.32. The summed E-state index contributed by atoms with van der Waals surface area (Å²) in [7, 11) is 0. The van der Waals surface area contributed by atoms with E-state index >= 15 is 0 Å². The molecule has 0 radical (unpaired) electrons. The molecule has 2 amide bonds. The zero-order chi connectivity index (χ0) is 19.8. The second kappa shape index (κ2) is 10.3. The molecule has 0 aliphatic carbocycles. The van der Waals surface area contributed by atoms with Crippen molar-refractivity contribution < 1.29 is 9.59 Å². The monoisotopic (exact) mass is 396 g/mol. The zero-order valence-electron chi connectivity index (χ0n) is 16.4. The maximum absolute atomic E-state index is 13.0. The lowest BCUT2D eigenvalue weighted by molar-refractivity contribution is -0.113. The summed E-state index contributed by atoms with van der Waals surface area (Å²) in [5.41, 5.74) is 3.64. The van der Waals surface area contributed by atoms with E-state index in [0.717, 1.165) is 31.7 Å². The van der Waals surface area contributed by atoms with Crippen LogP contribution in [0, 0.1) is 6.92 Å². The van der Waals surface area contributed by atoms with Crippen molar-refractivity contribution in [3.63, 3.8) is 0 Å². The first-order chi connectivity index (χ1) is 13.6. The fourth-order valence-electron chi connectivity index (χ4n) is 3.35. The first kappa shape index (κ1) is 20.5. The van der Waals surface area contributed by atoms with Crippen molar-refractivity contribution in [3.05, 3.63) is 65.2 Å². The van der Waals surface area contributed by atoms with Gasteiger partial charge in [0.1, 0.15) is 0 Å². The largest absolute Gasteiger partial charge is 0.339 e. The molecule has 5 heteroatoms. The maximum Gasteiger partial charge on any atom is 0.255 e. The molecule has 1 aliphatic rings. The van der Waals surface area contributed by atoms with Crippen LogP contribution in [0.1, 0.15) is 47.2 Å². The van der Waals surface area contributed by atoms with E-state index in [4.69, 9.17) is 0 Å². The number of aryl methyl sites for hydroxylation is 1. The first-order valence-electron chi connectivity index (χ1n) is 9.95. The SMILES string of the molecule is Cc1ccc(CSCC(=O)Nc2ccccc2C(=O)N2CCCCCC2)cc1. The van der Waals surface area contributed by atoms with Crippen LogP contribution in [0.3, 0.4) is 0 Å². The number of carbonyl (C=O) groups is 2. The minimum atomic E-state index is -0.0757. The van der Waals surface area contributed by atoms with Gasteiger partial charge in [-0.25, -0.2) is 0 Å². The van der Waals surface area contributed by atoms with Gasteiger partial charge in [-0.3, -0.25) is 9.59 Å². The van der Waals surface area contributed by atoms with E-state index < -0.39 is 0 Å². The van der Waals surface area contributed by atoms with Gasteiger partial charge in [0, 0.05) is 18.8 Å². The van der Waals surface area contributed by atoms with Gasteiger partial charge in [-0.2, -0.15) is 0 Å². The number of thioether (sulfide) groups is 1. The highest BCUT2D eigenvalue weighted by Gasteiger charge is 2.20. The predicted molar refractivity (Wildman–Crippen MR) is 117 cm³/mol. The number of amides is 2. The van der Waals surface area contributed by atoms with Crippen molar-refractivity contribution in [1.29, 1.82) is 0 Å². The Kier molecular flexibility index (Phi) is 7.54. The van der Waals surface area contributed by atoms with Gasteiger partial charge in [0.25, 0.3) is 5.91 Å². The van der Waals surface area contributed by atoms with E-state index in [0.29, 0.717) is 17.0 Å². The predicted octanol–water partition coefficient (Wildman–Crippen LogP) is 4.88. The van der Waals surface area contributed by atoms with Gasteiger partial charge in [0.2, 0.25) is 5.91 Å². The Balaban J connectivity index is 1.56. The number of carbonyl (C=O) groups excluding carboxylic acids is 2. The highest BCUT2D eigenvalue weighted by atomic mass is 32.2. The van der Waals surface area contributed by atoms with Crippen LogP contribution in [0.25, 0.3) is 0 Å². The highest BCUT2D eigenvalue weighted by Crippen LogP contribution is 2.21. The van der Waals surface area contributed by atoms with E-state index in [9.17, 15) is 9.59 Å². The molecule has 0 spiro atoms. The van der Waals surface area contributed by atoms with Crippen molar-refractivity contribution in [2.45, 2.75) is 38.4 Å². The Morgan fingerprint density at radius 1 is 0.964 bits per heavy atom. The van der Waals surface area contributed by atoms with Crippen LogP contribution in [0.4, 0.5) is 5.69 Å². The quantitative estimate of drug-likeness (QED) is 0.757. The Hall–Kier alpha value is -2.27. The summed E-state index contributed by atoms with van der Waals surface area (Å²) < 4.78 is 0. The molecule has 4 nitrogen and oxygen atoms in total. The van der Waals surface area contributed by atoms with E-state index in [2.05, 4.69) is 36.5 Å². The minimum absolute atomic E-state index is 0.0186. The van der Waals surface area contributed by atoms with Crippen LogP contribution in [0.2, 0.25) is 0 Å². The molecule has 0 saturated carbocycles. The molecule has 0 atom stereocenters. The van der Waals surface area contributed by atoms with Gasteiger partial charge in [0.05, 0.1) is 17.0 Å². The summed E-state index contributed by atoms with van der Waals surface area (Å²) in [4.78, 5) is 27.3. The molecule has 2 aromatic carbocycles. The number of likely N-dealkylation sites (tertiary alicyclic amines) is 1. The lowest BCUT2D eigenvalue weighted by atomic mass is 10.1. The van der Waals surface area contributed by atoms with Crippen molar-refractivity contribution in [1.82, 2.24) is 4.90 Å². The average molecular weight is 397 g/mol. The van der Waals surface area contributed by atoms with Gasteiger partial charge in [-0.05, 0) is 37.5 Å². The topological polar surface area (TPSA) is 49.4 Å². The first-order valence-corrected chi connectivity index (χ1v) is 11.1. The number of benzene rings is 2. The lowest BCUT2D eigenvalue weighted by Gasteiger charge is -2.22. The Bertz CT molecular complexity index is 797. The van der Waals surface area contributed by atoms with Gasteiger partial charge < -0.3 is 10.2 Å². The van der Waals surface area contributed by atoms with Crippen molar-refractivity contribution in [2.75, 3.05) is 24.2 Å². The molecule has 28 heavy (non-hydrogen) atoms. The zero-order valence-corrected chi connectivity index (χ0v) is 17.3. The molecule has 1 fully saturated rings. The van der Waals surface area contributed by atoms with Gasteiger partial charge in [-0.1, -0.05) is 54.8 Å².